The standard InChI is InChI=1S/C14H11NO.C7H16N2/c15-10-12-6-4-11(5-7-12)8-13-2-1-3-14(16)9-13;1-3-9-5-4-8-7(2)6-9/h1-7,9,16H,8H2;7-8H,3-6H2,1-2H3. The Morgan fingerprint density at radius 1 is 1.20 bits per heavy atom. The van der Waals surface area contributed by atoms with Gasteiger partial charge in [0.05, 0.1) is 11.6 Å². The number of aromatic hydroxyl groups is 1. The van der Waals surface area contributed by atoms with Crippen molar-refractivity contribution in [2.45, 2.75) is 26.3 Å². The summed E-state index contributed by atoms with van der Waals surface area (Å²) in [6, 6.07) is 17.5. The highest BCUT2D eigenvalue weighted by Crippen LogP contribution is 2.15. The number of benzene rings is 2. The molecular formula is C21H27N3O. The number of nitrogens with one attached hydrogen (secondary N) is 1. The molecule has 0 saturated carbocycles. The number of phenols is 1. The van der Waals surface area contributed by atoms with Crippen LogP contribution >= 0.6 is 0 Å². The monoisotopic (exact) mass is 337 g/mol. The van der Waals surface area contributed by atoms with Gasteiger partial charge in [-0.25, -0.2) is 0 Å². The number of hydrogen-bond donors (Lipinski definition) is 2. The van der Waals surface area contributed by atoms with Crippen LogP contribution in [0.4, 0.5) is 0 Å². The number of phenolic OH excluding ortho intramolecular Hbond substituents is 1. The van der Waals surface area contributed by atoms with Gasteiger partial charge in [-0.15, -0.1) is 0 Å². The molecule has 0 radical (unpaired) electrons. The first-order valence-electron chi connectivity index (χ1n) is 8.83. The fourth-order valence-corrected chi connectivity index (χ4v) is 2.90. The molecule has 1 fully saturated rings. The summed E-state index contributed by atoms with van der Waals surface area (Å²) < 4.78 is 0. The molecule has 0 aliphatic carbocycles. The van der Waals surface area contributed by atoms with Gasteiger partial charge in [0.2, 0.25) is 0 Å². The molecule has 1 atom stereocenters. The predicted octanol–water partition coefficient (Wildman–Crippen LogP) is 3.15. The predicted molar refractivity (Wildman–Crippen MR) is 102 cm³/mol. The zero-order valence-electron chi connectivity index (χ0n) is 15.1. The van der Waals surface area contributed by atoms with Crippen LogP contribution in [0.2, 0.25) is 0 Å². The van der Waals surface area contributed by atoms with Crippen LogP contribution in [0.5, 0.6) is 5.75 Å². The number of rotatable bonds is 3. The SMILES string of the molecule is CCN1CCNC(C)C1.N#Cc1ccc(Cc2cccc(O)c2)cc1. The second-order valence-corrected chi connectivity index (χ2v) is 6.40. The van der Waals surface area contributed by atoms with Crippen LogP contribution in [0.15, 0.2) is 48.5 Å². The van der Waals surface area contributed by atoms with Crippen LogP contribution in [0.1, 0.15) is 30.5 Å². The van der Waals surface area contributed by atoms with Crippen molar-refractivity contribution in [1.29, 1.82) is 5.26 Å². The Kier molecular flexibility index (Phi) is 7.46. The van der Waals surface area contributed by atoms with E-state index in [9.17, 15) is 5.11 Å². The van der Waals surface area contributed by atoms with E-state index in [-0.39, 0.29) is 5.75 Å². The summed E-state index contributed by atoms with van der Waals surface area (Å²) in [6.07, 6.45) is 0.764. The van der Waals surface area contributed by atoms with E-state index in [0.717, 1.165) is 24.1 Å². The van der Waals surface area contributed by atoms with Crippen molar-refractivity contribution in [3.8, 4) is 11.8 Å². The van der Waals surface area contributed by atoms with Crippen molar-refractivity contribution >= 4 is 0 Å². The van der Waals surface area contributed by atoms with Crippen LogP contribution in [0, 0.1) is 11.3 Å². The van der Waals surface area contributed by atoms with E-state index >= 15 is 0 Å². The van der Waals surface area contributed by atoms with Gasteiger partial charge in [0.1, 0.15) is 5.75 Å². The summed E-state index contributed by atoms with van der Waals surface area (Å²) in [5.74, 6) is 0.283. The number of nitrogens with zero attached hydrogens (tertiary/aromatic N) is 2. The Morgan fingerprint density at radius 3 is 2.52 bits per heavy atom. The van der Waals surface area contributed by atoms with Crippen molar-refractivity contribution in [2.75, 3.05) is 26.2 Å². The van der Waals surface area contributed by atoms with Gasteiger partial charge in [0, 0.05) is 25.7 Å². The summed E-state index contributed by atoms with van der Waals surface area (Å²) in [6.45, 7) is 9.26. The third-order valence-corrected chi connectivity index (χ3v) is 4.30. The fourth-order valence-electron chi connectivity index (χ4n) is 2.90. The quantitative estimate of drug-likeness (QED) is 0.903. The first-order valence-corrected chi connectivity index (χ1v) is 8.83. The molecule has 3 rings (SSSR count). The molecule has 1 aliphatic heterocycles. The highest BCUT2D eigenvalue weighted by Gasteiger charge is 2.12. The van der Waals surface area contributed by atoms with Gasteiger partial charge in [-0.1, -0.05) is 31.2 Å². The third kappa shape index (κ3) is 6.58. The number of nitriles is 1. The minimum Gasteiger partial charge on any atom is -0.508 e. The van der Waals surface area contributed by atoms with Crippen molar-refractivity contribution in [3.05, 3.63) is 65.2 Å². The van der Waals surface area contributed by atoms with Gasteiger partial charge >= 0.3 is 0 Å². The van der Waals surface area contributed by atoms with Crippen LogP contribution in [0.3, 0.4) is 0 Å². The zero-order chi connectivity index (χ0) is 18.1. The van der Waals surface area contributed by atoms with Gasteiger partial charge in [-0.2, -0.15) is 5.26 Å². The van der Waals surface area contributed by atoms with Gasteiger partial charge in [-0.05, 0) is 55.3 Å². The van der Waals surface area contributed by atoms with Crippen LogP contribution in [-0.2, 0) is 6.42 Å². The lowest BCUT2D eigenvalue weighted by Gasteiger charge is -2.30. The topological polar surface area (TPSA) is 59.3 Å². The van der Waals surface area contributed by atoms with Crippen LogP contribution in [0.25, 0.3) is 0 Å². The molecule has 2 N–H and O–H groups in total. The molecular weight excluding hydrogens is 310 g/mol. The molecule has 25 heavy (non-hydrogen) atoms. The molecule has 0 amide bonds. The molecule has 0 spiro atoms. The molecule has 132 valence electrons. The van der Waals surface area contributed by atoms with Crippen molar-refractivity contribution in [1.82, 2.24) is 10.2 Å². The van der Waals surface area contributed by atoms with Crippen LogP contribution in [-0.4, -0.2) is 42.2 Å². The fraction of sp³-hybridized carbons (Fsp3) is 0.381. The molecule has 1 unspecified atom stereocenters. The maximum atomic E-state index is 9.33. The lowest BCUT2D eigenvalue weighted by atomic mass is 10.0. The maximum Gasteiger partial charge on any atom is 0.115 e. The first kappa shape index (κ1) is 19.0. The first-order chi connectivity index (χ1) is 12.1. The van der Waals surface area contributed by atoms with Gasteiger partial charge in [0.25, 0.3) is 0 Å². The molecule has 0 bridgehead atoms. The molecule has 1 heterocycles. The minimum atomic E-state index is 0.283. The number of piperazine rings is 1. The van der Waals surface area contributed by atoms with Crippen LogP contribution < -0.4 is 5.32 Å². The Hall–Kier alpha value is -2.35. The normalized spacial score (nSPS) is 17.2. The van der Waals surface area contributed by atoms with E-state index in [1.54, 1.807) is 24.3 Å². The Morgan fingerprint density at radius 2 is 1.96 bits per heavy atom. The number of likely N-dealkylation sites (N-methyl/N-ethyl adjacent to an activating group) is 1. The maximum absolute atomic E-state index is 9.33. The van der Waals surface area contributed by atoms with E-state index in [1.807, 2.05) is 24.3 Å². The van der Waals surface area contributed by atoms with Gasteiger partial charge in [0.15, 0.2) is 0 Å². The van der Waals surface area contributed by atoms with E-state index < -0.39 is 0 Å². The average molecular weight is 337 g/mol. The van der Waals surface area contributed by atoms with E-state index in [1.165, 1.54) is 19.6 Å². The molecule has 4 heteroatoms. The number of hydrogen-bond acceptors (Lipinski definition) is 4. The lowest BCUT2D eigenvalue weighted by molar-refractivity contribution is 0.217. The smallest absolute Gasteiger partial charge is 0.115 e. The molecule has 1 saturated heterocycles. The minimum absolute atomic E-state index is 0.283. The molecule has 2 aromatic carbocycles. The van der Waals surface area contributed by atoms with Crippen molar-refractivity contribution < 1.29 is 5.11 Å². The highest BCUT2D eigenvalue weighted by molar-refractivity contribution is 5.35. The Balaban J connectivity index is 0.000000212. The second kappa shape index (κ2) is 9.83. The van der Waals surface area contributed by atoms with E-state index in [0.29, 0.717) is 11.6 Å². The van der Waals surface area contributed by atoms with Crippen molar-refractivity contribution in [3.63, 3.8) is 0 Å². The summed E-state index contributed by atoms with van der Waals surface area (Å²) in [7, 11) is 0. The summed E-state index contributed by atoms with van der Waals surface area (Å²) in [5, 5.41) is 21.4. The highest BCUT2D eigenvalue weighted by atomic mass is 16.3. The Bertz CT molecular complexity index is 691. The summed E-state index contributed by atoms with van der Waals surface area (Å²) in [4.78, 5) is 2.47. The molecule has 2 aromatic rings. The molecule has 4 nitrogen and oxygen atoms in total. The largest absolute Gasteiger partial charge is 0.508 e. The van der Waals surface area contributed by atoms with Gasteiger partial charge in [-0.3, -0.25) is 0 Å². The molecule has 0 aromatic heterocycles. The summed E-state index contributed by atoms with van der Waals surface area (Å²) >= 11 is 0. The van der Waals surface area contributed by atoms with Crippen molar-refractivity contribution in [2.24, 2.45) is 0 Å². The molecule has 1 aliphatic rings. The lowest BCUT2D eigenvalue weighted by Crippen LogP contribution is -2.48. The van der Waals surface area contributed by atoms with E-state index in [2.05, 4.69) is 30.1 Å². The summed E-state index contributed by atoms with van der Waals surface area (Å²) in [5.41, 5.74) is 2.86. The average Bonchev–Trinajstić information content (AvgIpc) is 2.63. The second-order valence-electron chi connectivity index (χ2n) is 6.40. The third-order valence-electron chi connectivity index (χ3n) is 4.30. The Labute approximate surface area is 150 Å². The zero-order valence-corrected chi connectivity index (χ0v) is 15.1. The van der Waals surface area contributed by atoms with E-state index in [4.69, 9.17) is 5.26 Å². The van der Waals surface area contributed by atoms with Gasteiger partial charge < -0.3 is 15.3 Å².